The van der Waals surface area contributed by atoms with E-state index in [1.807, 2.05) is 13.8 Å². The highest BCUT2D eigenvalue weighted by atomic mass is 35.5. The summed E-state index contributed by atoms with van der Waals surface area (Å²) in [4.78, 5) is 25.8. The van der Waals surface area contributed by atoms with E-state index in [2.05, 4.69) is 5.32 Å². The maximum atomic E-state index is 12.3. The number of hydrogen-bond donors (Lipinski definition) is 1. The van der Waals surface area contributed by atoms with Crippen LogP contribution in [0, 0.1) is 0 Å². The zero-order valence-electron chi connectivity index (χ0n) is 10.7. The van der Waals surface area contributed by atoms with Gasteiger partial charge in [0.2, 0.25) is 11.8 Å². The lowest BCUT2D eigenvalue weighted by molar-refractivity contribution is -0.153. The van der Waals surface area contributed by atoms with E-state index in [9.17, 15) is 9.59 Å². The van der Waals surface area contributed by atoms with Gasteiger partial charge in [-0.2, -0.15) is 0 Å². The highest BCUT2D eigenvalue weighted by molar-refractivity contribution is 6.25. The van der Waals surface area contributed by atoms with E-state index in [4.69, 9.17) is 11.6 Å². The molecule has 1 unspecified atom stereocenters. The molecule has 0 aromatic carbocycles. The number of carbonyl (C=O) groups is 2. The third-order valence-electron chi connectivity index (χ3n) is 2.90. The molecule has 1 N–H and O–H groups in total. The molecule has 0 saturated carbocycles. The van der Waals surface area contributed by atoms with Crippen LogP contribution in [0.4, 0.5) is 0 Å². The Bertz CT molecular complexity index is 364. The molecule has 1 saturated heterocycles. The predicted octanol–water partition coefficient (Wildman–Crippen LogP) is 1.64. The third kappa shape index (κ3) is 2.80. The summed E-state index contributed by atoms with van der Waals surface area (Å²) in [6.45, 7) is 7.56. The second kappa shape index (κ2) is 5.08. The Labute approximate surface area is 107 Å². The van der Waals surface area contributed by atoms with Crippen molar-refractivity contribution in [3.05, 3.63) is 11.1 Å². The number of carbonyl (C=O) groups excluding carboxylic acids is 2. The van der Waals surface area contributed by atoms with Gasteiger partial charge in [-0.25, -0.2) is 0 Å². The molecule has 0 radical (unpaired) electrons. The molecule has 1 heterocycles. The molecule has 0 aliphatic carbocycles. The van der Waals surface area contributed by atoms with Gasteiger partial charge < -0.3 is 10.2 Å². The number of piperazine rings is 1. The monoisotopic (exact) mass is 258 g/mol. The van der Waals surface area contributed by atoms with Crippen LogP contribution < -0.4 is 5.32 Å². The number of halogens is 1. The van der Waals surface area contributed by atoms with E-state index in [0.29, 0.717) is 13.0 Å². The topological polar surface area (TPSA) is 49.4 Å². The molecule has 1 rings (SSSR count). The maximum Gasteiger partial charge on any atom is 0.248 e. The zero-order chi connectivity index (χ0) is 13.2. The second-order valence-electron chi connectivity index (χ2n) is 4.93. The largest absolute Gasteiger partial charge is 0.340 e. The Balaban J connectivity index is 3.01. The lowest BCUT2D eigenvalue weighted by atomic mass is 9.95. The van der Waals surface area contributed by atoms with Gasteiger partial charge in [-0.1, -0.05) is 18.5 Å². The number of rotatable bonds is 3. The van der Waals surface area contributed by atoms with Crippen LogP contribution in [0.15, 0.2) is 11.1 Å². The van der Waals surface area contributed by atoms with Crippen molar-refractivity contribution in [3.8, 4) is 0 Å². The van der Waals surface area contributed by atoms with Crippen molar-refractivity contribution in [1.29, 1.82) is 0 Å². The lowest BCUT2D eigenvalue weighted by Gasteiger charge is -2.42. The average molecular weight is 259 g/mol. The SMILES string of the molecule is CCC1C(=O)NC(C)(C)C(=O)N1CC(C)=CCl. The summed E-state index contributed by atoms with van der Waals surface area (Å²) in [5.41, 5.74) is 1.47. The van der Waals surface area contributed by atoms with E-state index in [0.717, 1.165) is 5.57 Å². The normalized spacial score (nSPS) is 24.9. The minimum atomic E-state index is -0.838. The van der Waals surface area contributed by atoms with Crippen molar-refractivity contribution in [2.24, 2.45) is 0 Å². The van der Waals surface area contributed by atoms with E-state index >= 15 is 0 Å². The fraction of sp³-hybridized carbons (Fsp3) is 0.667. The number of amides is 2. The van der Waals surface area contributed by atoms with Gasteiger partial charge in [-0.05, 0) is 32.8 Å². The number of nitrogens with one attached hydrogen (secondary N) is 1. The first-order chi connectivity index (χ1) is 7.83. The third-order valence-corrected chi connectivity index (χ3v) is 3.28. The summed E-state index contributed by atoms with van der Waals surface area (Å²) >= 11 is 5.62. The van der Waals surface area contributed by atoms with Gasteiger partial charge in [0.25, 0.3) is 0 Å². The van der Waals surface area contributed by atoms with Crippen LogP contribution in [0.3, 0.4) is 0 Å². The molecule has 0 spiro atoms. The molecule has 96 valence electrons. The fourth-order valence-electron chi connectivity index (χ4n) is 1.98. The van der Waals surface area contributed by atoms with Crippen molar-refractivity contribution in [3.63, 3.8) is 0 Å². The molecule has 0 aromatic rings. The second-order valence-corrected chi connectivity index (χ2v) is 5.15. The van der Waals surface area contributed by atoms with Crippen LogP contribution in [-0.4, -0.2) is 34.8 Å². The summed E-state index contributed by atoms with van der Waals surface area (Å²) in [7, 11) is 0. The average Bonchev–Trinajstić information content (AvgIpc) is 2.25. The molecule has 5 heteroatoms. The summed E-state index contributed by atoms with van der Waals surface area (Å²) in [5, 5.41) is 2.75. The Morgan fingerprint density at radius 3 is 2.59 bits per heavy atom. The minimum absolute atomic E-state index is 0.0678. The van der Waals surface area contributed by atoms with Gasteiger partial charge in [0.1, 0.15) is 11.6 Å². The lowest BCUT2D eigenvalue weighted by Crippen LogP contribution is -2.68. The fourth-order valence-corrected chi connectivity index (χ4v) is 2.05. The quantitative estimate of drug-likeness (QED) is 0.837. The predicted molar refractivity (Wildman–Crippen MR) is 67.6 cm³/mol. The van der Waals surface area contributed by atoms with Gasteiger partial charge in [-0.3, -0.25) is 9.59 Å². The van der Waals surface area contributed by atoms with Crippen LogP contribution in [0.1, 0.15) is 34.1 Å². The molecule has 1 fully saturated rings. The molecule has 4 nitrogen and oxygen atoms in total. The van der Waals surface area contributed by atoms with E-state index in [-0.39, 0.29) is 11.8 Å². The Kier molecular flexibility index (Phi) is 4.20. The van der Waals surface area contributed by atoms with Crippen molar-refractivity contribution < 1.29 is 9.59 Å². The first kappa shape index (κ1) is 14.0. The summed E-state index contributed by atoms with van der Waals surface area (Å²) in [6, 6.07) is -0.401. The Morgan fingerprint density at radius 2 is 2.12 bits per heavy atom. The van der Waals surface area contributed by atoms with Crippen LogP contribution in [-0.2, 0) is 9.59 Å². The molecule has 1 aliphatic rings. The van der Waals surface area contributed by atoms with E-state index in [1.54, 1.807) is 18.7 Å². The first-order valence-corrected chi connectivity index (χ1v) is 6.16. The molecule has 0 aromatic heterocycles. The number of hydrogen-bond acceptors (Lipinski definition) is 2. The molecule has 17 heavy (non-hydrogen) atoms. The van der Waals surface area contributed by atoms with E-state index in [1.165, 1.54) is 5.54 Å². The molecule has 1 aliphatic heterocycles. The van der Waals surface area contributed by atoms with E-state index < -0.39 is 11.6 Å². The van der Waals surface area contributed by atoms with Crippen molar-refractivity contribution in [2.75, 3.05) is 6.54 Å². The van der Waals surface area contributed by atoms with Gasteiger partial charge >= 0.3 is 0 Å². The molecule has 1 atom stereocenters. The summed E-state index contributed by atoms with van der Waals surface area (Å²) < 4.78 is 0. The minimum Gasteiger partial charge on any atom is -0.340 e. The van der Waals surface area contributed by atoms with Crippen LogP contribution in [0.2, 0.25) is 0 Å². The van der Waals surface area contributed by atoms with Crippen LogP contribution in [0.5, 0.6) is 0 Å². The molecule has 0 bridgehead atoms. The molecular formula is C12H19ClN2O2. The summed E-state index contributed by atoms with van der Waals surface area (Å²) in [5.74, 6) is -0.165. The highest BCUT2D eigenvalue weighted by Gasteiger charge is 2.44. The zero-order valence-corrected chi connectivity index (χ0v) is 11.5. The molecular weight excluding hydrogens is 240 g/mol. The standard InChI is InChI=1S/C12H19ClN2O2/c1-5-9-10(16)14-12(3,4)11(17)15(9)7-8(2)6-13/h6,9H,5,7H2,1-4H3,(H,14,16). The van der Waals surface area contributed by atoms with Gasteiger partial charge in [0, 0.05) is 12.1 Å². The van der Waals surface area contributed by atoms with Crippen molar-refractivity contribution in [1.82, 2.24) is 10.2 Å². The van der Waals surface area contributed by atoms with Gasteiger partial charge in [0.05, 0.1) is 0 Å². The van der Waals surface area contributed by atoms with Crippen LogP contribution >= 0.6 is 11.6 Å². The van der Waals surface area contributed by atoms with Crippen molar-refractivity contribution in [2.45, 2.75) is 45.7 Å². The molecule has 2 amide bonds. The smallest absolute Gasteiger partial charge is 0.248 e. The Hall–Kier alpha value is -1.03. The van der Waals surface area contributed by atoms with Gasteiger partial charge in [-0.15, -0.1) is 0 Å². The first-order valence-electron chi connectivity index (χ1n) is 5.72. The number of nitrogens with zero attached hydrogens (tertiary/aromatic N) is 1. The van der Waals surface area contributed by atoms with Gasteiger partial charge in [0.15, 0.2) is 0 Å². The maximum absolute atomic E-state index is 12.3. The Morgan fingerprint density at radius 1 is 1.53 bits per heavy atom. The van der Waals surface area contributed by atoms with Crippen LogP contribution in [0.25, 0.3) is 0 Å². The highest BCUT2D eigenvalue weighted by Crippen LogP contribution is 2.21. The summed E-state index contributed by atoms with van der Waals surface area (Å²) in [6.07, 6.45) is 0.600. The van der Waals surface area contributed by atoms with Crippen molar-refractivity contribution >= 4 is 23.4 Å².